The summed E-state index contributed by atoms with van der Waals surface area (Å²) in [5.74, 6) is -0.680. The summed E-state index contributed by atoms with van der Waals surface area (Å²) in [4.78, 5) is 24.0. The number of carbonyl (C=O) groups is 2. The van der Waals surface area contributed by atoms with E-state index in [1.807, 2.05) is 0 Å². The summed E-state index contributed by atoms with van der Waals surface area (Å²) < 4.78 is 0. The van der Waals surface area contributed by atoms with Crippen molar-refractivity contribution in [2.75, 3.05) is 18.4 Å². The smallest absolute Gasteiger partial charge is 0.272 e. The summed E-state index contributed by atoms with van der Waals surface area (Å²) in [6.07, 6.45) is 0.812. The summed E-state index contributed by atoms with van der Waals surface area (Å²) >= 11 is 5.78. The maximum Gasteiger partial charge on any atom is 0.272 e. The van der Waals surface area contributed by atoms with Crippen molar-refractivity contribution in [2.45, 2.75) is 13.0 Å². The van der Waals surface area contributed by atoms with Gasteiger partial charge >= 0.3 is 0 Å². The number of fused-ring (bicyclic) bond motifs is 1. The van der Waals surface area contributed by atoms with Gasteiger partial charge in [0.05, 0.1) is 6.54 Å². The van der Waals surface area contributed by atoms with Crippen molar-refractivity contribution in [2.24, 2.45) is 0 Å². The number of hydrogen-bond acceptors (Lipinski definition) is 4. The number of carbonyl (C=O) groups excluding carboxylic acids is 2. The van der Waals surface area contributed by atoms with E-state index < -0.39 is 0 Å². The van der Waals surface area contributed by atoms with E-state index in [1.54, 1.807) is 24.3 Å². The lowest BCUT2D eigenvalue weighted by molar-refractivity contribution is -0.115. The van der Waals surface area contributed by atoms with Crippen LogP contribution in [0.2, 0.25) is 5.02 Å². The van der Waals surface area contributed by atoms with Crippen molar-refractivity contribution < 1.29 is 9.59 Å². The highest BCUT2D eigenvalue weighted by Crippen LogP contribution is 2.15. The molecule has 4 N–H and O–H groups in total. The SMILES string of the molecule is O=C(CNC(=O)c1n[nH]c2c1CNCC2)Nc1ccc(Cl)cc1. The maximum atomic E-state index is 12.2. The molecule has 7 nitrogen and oxygen atoms in total. The normalized spacial score (nSPS) is 13.3. The predicted molar refractivity (Wildman–Crippen MR) is 86.4 cm³/mol. The van der Waals surface area contributed by atoms with E-state index in [1.165, 1.54) is 0 Å². The first-order valence-corrected chi connectivity index (χ1v) is 7.62. The molecule has 0 aliphatic carbocycles. The Morgan fingerprint density at radius 2 is 2.04 bits per heavy atom. The molecule has 2 amide bonds. The van der Waals surface area contributed by atoms with Crippen LogP contribution in [0.3, 0.4) is 0 Å². The second-order valence-electron chi connectivity index (χ2n) is 5.19. The lowest BCUT2D eigenvalue weighted by Crippen LogP contribution is -2.34. The van der Waals surface area contributed by atoms with Crippen LogP contribution in [0.5, 0.6) is 0 Å². The molecule has 0 fully saturated rings. The van der Waals surface area contributed by atoms with Crippen LogP contribution < -0.4 is 16.0 Å². The van der Waals surface area contributed by atoms with Gasteiger partial charge in [-0.15, -0.1) is 0 Å². The summed E-state index contributed by atoms with van der Waals surface area (Å²) in [5, 5.41) is 16.0. The Labute approximate surface area is 137 Å². The molecule has 120 valence electrons. The van der Waals surface area contributed by atoms with Gasteiger partial charge in [0.2, 0.25) is 5.91 Å². The third kappa shape index (κ3) is 3.69. The first kappa shape index (κ1) is 15.5. The number of rotatable bonds is 4. The van der Waals surface area contributed by atoms with E-state index in [4.69, 9.17) is 11.6 Å². The molecule has 0 unspecified atom stereocenters. The number of H-pyrrole nitrogens is 1. The van der Waals surface area contributed by atoms with Crippen molar-refractivity contribution in [1.82, 2.24) is 20.8 Å². The van der Waals surface area contributed by atoms with Crippen molar-refractivity contribution in [3.63, 3.8) is 0 Å². The fourth-order valence-electron chi connectivity index (χ4n) is 2.40. The summed E-state index contributed by atoms with van der Waals surface area (Å²) in [7, 11) is 0. The third-order valence-electron chi connectivity index (χ3n) is 3.56. The van der Waals surface area contributed by atoms with E-state index in [9.17, 15) is 9.59 Å². The molecule has 0 bridgehead atoms. The molecular weight excluding hydrogens is 318 g/mol. The average molecular weight is 334 g/mol. The first-order chi connectivity index (χ1) is 11.1. The summed E-state index contributed by atoms with van der Waals surface area (Å²) in [6.45, 7) is 1.34. The third-order valence-corrected chi connectivity index (χ3v) is 3.81. The van der Waals surface area contributed by atoms with Gasteiger partial charge in [-0.25, -0.2) is 0 Å². The van der Waals surface area contributed by atoms with Gasteiger partial charge in [-0.1, -0.05) is 11.6 Å². The van der Waals surface area contributed by atoms with Crippen LogP contribution in [0.1, 0.15) is 21.7 Å². The molecule has 3 rings (SSSR count). The molecule has 0 spiro atoms. The zero-order valence-electron chi connectivity index (χ0n) is 12.3. The van der Waals surface area contributed by atoms with Gasteiger partial charge < -0.3 is 16.0 Å². The molecule has 2 aromatic rings. The Hall–Kier alpha value is -2.38. The van der Waals surface area contributed by atoms with Gasteiger partial charge in [-0.3, -0.25) is 14.7 Å². The molecule has 0 saturated heterocycles. The predicted octanol–water partition coefficient (Wildman–Crippen LogP) is 1.08. The second-order valence-corrected chi connectivity index (χ2v) is 5.63. The van der Waals surface area contributed by atoms with Crippen LogP contribution in [0.15, 0.2) is 24.3 Å². The first-order valence-electron chi connectivity index (χ1n) is 7.24. The molecule has 8 heteroatoms. The molecule has 1 aromatic carbocycles. The minimum absolute atomic E-state index is 0.128. The Balaban J connectivity index is 1.55. The van der Waals surface area contributed by atoms with E-state index in [2.05, 4.69) is 26.1 Å². The number of nitrogens with one attached hydrogen (secondary N) is 4. The molecule has 0 saturated carbocycles. The number of hydrogen-bond donors (Lipinski definition) is 4. The Bertz CT molecular complexity index is 726. The Kier molecular flexibility index (Phi) is 4.59. The second kappa shape index (κ2) is 6.80. The number of amides is 2. The molecule has 2 heterocycles. The van der Waals surface area contributed by atoms with Crippen LogP contribution in [-0.2, 0) is 17.8 Å². The van der Waals surface area contributed by atoms with Gasteiger partial charge in [0.1, 0.15) is 0 Å². The zero-order valence-corrected chi connectivity index (χ0v) is 13.0. The number of anilines is 1. The highest BCUT2D eigenvalue weighted by Gasteiger charge is 2.21. The highest BCUT2D eigenvalue weighted by molar-refractivity contribution is 6.30. The molecule has 0 radical (unpaired) electrons. The van der Waals surface area contributed by atoms with Gasteiger partial charge in [0.25, 0.3) is 5.91 Å². The number of aromatic amines is 1. The molecule has 1 aliphatic rings. The highest BCUT2D eigenvalue weighted by atomic mass is 35.5. The monoisotopic (exact) mass is 333 g/mol. The maximum absolute atomic E-state index is 12.2. The van der Waals surface area contributed by atoms with Crippen LogP contribution in [-0.4, -0.2) is 35.1 Å². The number of nitrogens with zero attached hydrogens (tertiary/aromatic N) is 1. The van der Waals surface area contributed by atoms with Crippen LogP contribution in [0, 0.1) is 0 Å². The fourth-order valence-corrected chi connectivity index (χ4v) is 2.52. The zero-order chi connectivity index (χ0) is 16.2. The van der Waals surface area contributed by atoms with E-state index >= 15 is 0 Å². The largest absolute Gasteiger partial charge is 0.342 e. The Morgan fingerprint density at radius 1 is 1.26 bits per heavy atom. The van der Waals surface area contributed by atoms with Crippen LogP contribution >= 0.6 is 11.6 Å². The van der Waals surface area contributed by atoms with E-state index in [-0.39, 0.29) is 18.4 Å². The van der Waals surface area contributed by atoms with Gasteiger partial charge in [0, 0.05) is 41.5 Å². The van der Waals surface area contributed by atoms with Crippen LogP contribution in [0.4, 0.5) is 5.69 Å². The summed E-state index contributed by atoms with van der Waals surface area (Å²) in [6, 6.07) is 6.74. The van der Waals surface area contributed by atoms with Crippen LogP contribution in [0.25, 0.3) is 0 Å². The lowest BCUT2D eigenvalue weighted by Gasteiger charge is -2.12. The van der Waals surface area contributed by atoms with Gasteiger partial charge in [-0.05, 0) is 24.3 Å². The topological polar surface area (TPSA) is 98.9 Å². The lowest BCUT2D eigenvalue weighted by atomic mass is 10.1. The molecule has 1 aliphatic heterocycles. The summed E-state index contributed by atoms with van der Waals surface area (Å²) in [5.41, 5.74) is 2.80. The fraction of sp³-hybridized carbons (Fsp3) is 0.267. The number of benzene rings is 1. The van der Waals surface area contributed by atoms with Crippen molar-refractivity contribution in [3.8, 4) is 0 Å². The van der Waals surface area contributed by atoms with Crippen molar-refractivity contribution in [3.05, 3.63) is 46.2 Å². The van der Waals surface area contributed by atoms with Crippen molar-refractivity contribution >= 4 is 29.1 Å². The quantitative estimate of drug-likeness (QED) is 0.672. The van der Waals surface area contributed by atoms with Gasteiger partial charge in [-0.2, -0.15) is 5.10 Å². The Morgan fingerprint density at radius 3 is 2.83 bits per heavy atom. The average Bonchev–Trinajstić information content (AvgIpc) is 2.99. The standard InChI is InChI=1S/C15H16ClN5O2/c16-9-1-3-10(4-2-9)19-13(22)8-18-15(23)14-11-7-17-6-5-12(11)20-21-14/h1-4,17H,5-8H2,(H,18,23)(H,19,22)(H,20,21). The van der Waals surface area contributed by atoms with Crippen molar-refractivity contribution in [1.29, 1.82) is 0 Å². The molecule has 1 aromatic heterocycles. The number of aromatic nitrogens is 2. The minimum Gasteiger partial charge on any atom is -0.342 e. The molecule has 0 atom stereocenters. The number of halogens is 1. The molecular formula is C15H16ClN5O2. The van der Waals surface area contributed by atoms with E-state index in [0.29, 0.717) is 22.9 Å². The molecule has 23 heavy (non-hydrogen) atoms. The van der Waals surface area contributed by atoms with Gasteiger partial charge in [0.15, 0.2) is 5.69 Å². The minimum atomic E-state index is -0.363. The van der Waals surface area contributed by atoms with E-state index in [0.717, 1.165) is 24.2 Å².